The lowest BCUT2D eigenvalue weighted by molar-refractivity contribution is -0.870. The summed E-state index contributed by atoms with van der Waals surface area (Å²) in [6.45, 7) is 4.50. The van der Waals surface area contributed by atoms with E-state index in [0.29, 0.717) is 17.4 Å². The predicted octanol–water partition coefficient (Wildman–Crippen LogP) is 23.6. The summed E-state index contributed by atoms with van der Waals surface area (Å²) in [4.78, 5) is 37.6. The maximum Gasteiger partial charge on any atom is 0.306 e. The standard InChI is InChI=1S/C88H141NO8/c1-6-8-10-12-14-16-18-20-22-24-26-28-30-32-34-36-38-39-40-41-42-43-44-45-46-47-49-51-53-55-57-59-61-63-65-67-69-71-73-75-77-79-86(91)97-84(83-96-88(87(92)93)94-81-80-89(3,4)5)82-95-85(90)78-76-74-72-70-68-66-64-62-60-58-56-54-52-50-48-37-35-33-31-29-27-25-23-21-19-17-15-13-11-9-7-2/h8-11,14-17,20-23,26-29,32-35,38-39,41-42,44-45,47-50,54,56,84,88H,6-7,12-13,18-19,24-25,30-31,36-37,40,43,46,51-53,55,57-83H2,1-5H3/b10-8-,11-9-,16-14-,17-15-,22-20-,23-21-,28-26-,29-27-,34-32-,35-33-,39-38-,42-41-,45-44-,49-47-,50-48-,56-54-. The van der Waals surface area contributed by atoms with Crippen LogP contribution in [-0.4, -0.2) is 82.3 Å². The number of aliphatic carboxylic acids is 1. The molecule has 0 aliphatic rings. The van der Waals surface area contributed by atoms with Gasteiger partial charge in [0, 0.05) is 12.8 Å². The number of carbonyl (C=O) groups is 3. The molecule has 0 aliphatic carbocycles. The molecule has 546 valence electrons. The molecule has 0 amide bonds. The molecule has 0 radical (unpaired) electrons. The van der Waals surface area contributed by atoms with Gasteiger partial charge in [0.2, 0.25) is 0 Å². The molecule has 0 heterocycles. The van der Waals surface area contributed by atoms with Gasteiger partial charge in [-0.15, -0.1) is 0 Å². The van der Waals surface area contributed by atoms with Crippen molar-refractivity contribution in [3.05, 3.63) is 194 Å². The van der Waals surface area contributed by atoms with Crippen LogP contribution in [-0.2, 0) is 33.3 Å². The lowest BCUT2D eigenvalue weighted by atomic mass is 10.0. The average Bonchev–Trinajstić information content (AvgIpc) is 3.27. The number of rotatable bonds is 69. The minimum absolute atomic E-state index is 0.138. The maximum absolute atomic E-state index is 13.0. The van der Waals surface area contributed by atoms with Gasteiger partial charge in [0.25, 0.3) is 0 Å². The number of ether oxygens (including phenoxy) is 4. The smallest absolute Gasteiger partial charge is 0.306 e. The average molecular weight is 1340 g/mol. The fourth-order valence-electron chi connectivity index (χ4n) is 10.0. The van der Waals surface area contributed by atoms with Crippen LogP contribution < -0.4 is 5.11 Å². The summed E-state index contributed by atoms with van der Waals surface area (Å²) in [5, 5.41) is 11.9. The van der Waals surface area contributed by atoms with Gasteiger partial charge in [0.15, 0.2) is 12.4 Å². The highest BCUT2D eigenvalue weighted by Crippen LogP contribution is 2.16. The van der Waals surface area contributed by atoms with Crippen LogP contribution >= 0.6 is 0 Å². The van der Waals surface area contributed by atoms with Gasteiger partial charge < -0.3 is 33.3 Å². The number of likely N-dealkylation sites (N-methyl/N-ethyl adjacent to an activating group) is 1. The van der Waals surface area contributed by atoms with Crippen LogP contribution in [0.5, 0.6) is 0 Å². The molecule has 2 atom stereocenters. The second-order valence-corrected chi connectivity index (χ2v) is 26.2. The fourth-order valence-corrected chi connectivity index (χ4v) is 10.0. The molecule has 2 unspecified atom stereocenters. The Bertz CT molecular complexity index is 2310. The zero-order valence-electron chi connectivity index (χ0n) is 62.4. The van der Waals surface area contributed by atoms with Gasteiger partial charge >= 0.3 is 11.9 Å². The number of unbranched alkanes of at least 4 members (excludes halogenated alkanes) is 22. The molecule has 0 aromatic rings. The van der Waals surface area contributed by atoms with Gasteiger partial charge in [0.05, 0.1) is 40.3 Å². The summed E-state index contributed by atoms with van der Waals surface area (Å²) in [6.07, 6.45) is 114. The molecule has 9 heteroatoms. The van der Waals surface area contributed by atoms with Crippen molar-refractivity contribution in [1.29, 1.82) is 0 Å². The molecule has 97 heavy (non-hydrogen) atoms. The van der Waals surface area contributed by atoms with E-state index < -0.39 is 24.3 Å². The maximum atomic E-state index is 13.0. The molecule has 9 nitrogen and oxygen atoms in total. The van der Waals surface area contributed by atoms with E-state index in [1.807, 2.05) is 21.1 Å². The van der Waals surface area contributed by atoms with Gasteiger partial charge in [-0.25, -0.2) is 0 Å². The summed E-state index contributed by atoms with van der Waals surface area (Å²) >= 11 is 0. The van der Waals surface area contributed by atoms with E-state index >= 15 is 0 Å². The van der Waals surface area contributed by atoms with Crippen molar-refractivity contribution >= 4 is 17.9 Å². The Kier molecular flexibility index (Phi) is 71.3. The number of nitrogens with zero attached hydrogens (tertiary/aromatic N) is 1. The van der Waals surface area contributed by atoms with E-state index in [1.165, 1.54) is 96.3 Å². The van der Waals surface area contributed by atoms with Gasteiger partial charge in [-0.3, -0.25) is 9.59 Å². The number of hydrogen-bond donors (Lipinski definition) is 0. The molecular formula is C88H141NO8. The summed E-state index contributed by atoms with van der Waals surface area (Å²) in [7, 11) is 5.92. The third-order valence-electron chi connectivity index (χ3n) is 15.8. The molecule has 0 saturated carbocycles. The molecule has 0 saturated heterocycles. The van der Waals surface area contributed by atoms with Crippen molar-refractivity contribution in [1.82, 2.24) is 0 Å². The molecule has 0 spiro atoms. The van der Waals surface area contributed by atoms with Crippen molar-refractivity contribution in [3.8, 4) is 0 Å². The number of carbonyl (C=O) groups excluding carboxylic acids is 3. The molecule has 0 aromatic carbocycles. The second-order valence-electron chi connectivity index (χ2n) is 26.2. The van der Waals surface area contributed by atoms with Crippen molar-refractivity contribution in [2.45, 2.75) is 296 Å². The summed E-state index contributed by atoms with van der Waals surface area (Å²) in [5.74, 6) is -2.30. The molecule has 0 aromatic heterocycles. The first-order valence-corrected chi connectivity index (χ1v) is 38.6. The SMILES string of the molecule is CC/C=C\C/C=C\C/C=C\C/C=C\C/C=C\C/C=C\C/C=C\C/C=C\C/C=C\CCCCCCCCCCCCCCCC(=O)OC(COC(=O)CCCCCCCCCCC/C=C\C/C=C\C/C=C\C/C=C\C/C=C\C/C=C\C/C=C\CC)COC(OCC[N+](C)(C)C)C(=O)[O-]. The topological polar surface area (TPSA) is 111 Å². The van der Waals surface area contributed by atoms with Crippen molar-refractivity contribution in [2.24, 2.45) is 0 Å². The van der Waals surface area contributed by atoms with E-state index in [0.717, 1.165) is 154 Å². The van der Waals surface area contributed by atoms with E-state index in [2.05, 4.69) is 208 Å². The first-order valence-electron chi connectivity index (χ1n) is 38.6. The molecule has 0 fully saturated rings. The largest absolute Gasteiger partial charge is 0.545 e. The minimum Gasteiger partial charge on any atom is -0.545 e. The lowest BCUT2D eigenvalue weighted by Crippen LogP contribution is -2.44. The lowest BCUT2D eigenvalue weighted by Gasteiger charge is -2.26. The summed E-state index contributed by atoms with van der Waals surface area (Å²) < 4.78 is 22.8. The monoisotopic (exact) mass is 1340 g/mol. The highest BCUT2D eigenvalue weighted by molar-refractivity contribution is 5.70. The minimum atomic E-state index is -1.64. The molecular weight excluding hydrogens is 1200 g/mol. The molecule has 0 bridgehead atoms. The normalized spacial score (nSPS) is 13.8. The van der Waals surface area contributed by atoms with Crippen LogP contribution in [0.3, 0.4) is 0 Å². The quantitative estimate of drug-likeness (QED) is 0.0195. The van der Waals surface area contributed by atoms with Gasteiger partial charge in [-0.2, -0.15) is 0 Å². The summed E-state index contributed by atoms with van der Waals surface area (Å²) in [5.41, 5.74) is 0. The van der Waals surface area contributed by atoms with E-state index in [1.54, 1.807) is 0 Å². The number of carboxylic acids is 1. The molecule has 0 N–H and O–H groups in total. The number of carboxylic acid groups (broad SMARTS) is 1. The first-order chi connectivity index (χ1) is 47.6. The molecule has 0 aliphatic heterocycles. The Balaban J connectivity index is 4.14. The van der Waals surface area contributed by atoms with E-state index in [-0.39, 0.29) is 38.6 Å². The highest BCUT2D eigenvalue weighted by Gasteiger charge is 2.22. The van der Waals surface area contributed by atoms with Crippen LogP contribution in [0.1, 0.15) is 284 Å². The van der Waals surface area contributed by atoms with Crippen molar-refractivity contribution in [3.63, 3.8) is 0 Å². The van der Waals surface area contributed by atoms with Crippen LogP contribution in [0.2, 0.25) is 0 Å². The highest BCUT2D eigenvalue weighted by atomic mass is 16.7. The third-order valence-corrected chi connectivity index (χ3v) is 15.8. The van der Waals surface area contributed by atoms with E-state index in [4.69, 9.17) is 18.9 Å². The Labute approximate surface area is 595 Å². The van der Waals surface area contributed by atoms with Gasteiger partial charge in [0.1, 0.15) is 13.2 Å². The van der Waals surface area contributed by atoms with Crippen LogP contribution in [0.4, 0.5) is 0 Å². The number of esters is 2. The van der Waals surface area contributed by atoms with Crippen molar-refractivity contribution in [2.75, 3.05) is 47.5 Å². The predicted molar refractivity (Wildman–Crippen MR) is 416 cm³/mol. The van der Waals surface area contributed by atoms with Gasteiger partial charge in [-0.05, 0) is 141 Å². The van der Waals surface area contributed by atoms with Crippen LogP contribution in [0.15, 0.2) is 194 Å². The van der Waals surface area contributed by atoms with Gasteiger partial charge in [-0.1, -0.05) is 324 Å². The third kappa shape index (κ3) is 77.4. The van der Waals surface area contributed by atoms with Crippen LogP contribution in [0.25, 0.3) is 0 Å². The van der Waals surface area contributed by atoms with Crippen LogP contribution in [0, 0.1) is 0 Å². The van der Waals surface area contributed by atoms with E-state index in [9.17, 15) is 19.5 Å². The fraction of sp³-hybridized carbons (Fsp3) is 0.602. The molecule has 0 rings (SSSR count). The van der Waals surface area contributed by atoms with Crippen molar-refractivity contribution < 1.29 is 42.9 Å². The zero-order valence-corrected chi connectivity index (χ0v) is 62.4. The second kappa shape index (κ2) is 75.9. The Morgan fingerprint density at radius 3 is 0.825 bits per heavy atom. The summed E-state index contributed by atoms with van der Waals surface area (Å²) in [6, 6.07) is 0. The number of allylic oxidation sites excluding steroid dienone is 32. The first kappa shape index (κ1) is 91.1. The Hall–Kier alpha value is -5.87. The number of quaternary nitrogens is 1. The number of hydrogen-bond acceptors (Lipinski definition) is 8. The zero-order chi connectivity index (χ0) is 70.4. The Morgan fingerprint density at radius 2 is 0.557 bits per heavy atom. The Morgan fingerprint density at radius 1 is 0.309 bits per heavy atom.